The minimum absolute atomic E-state index is 0.153. The second kappa shape index (κ2) is 4.70. The summed E-state index contributed by atoms with van der Waals surface area (Å²) >= 11 is 0. The molecule has 17 heavy (non-hydrogen) atoms. The third-order valence-corrected chi connectivity index (χ3v) is 2.56. The fourth-order valence-corrected chi connectivity index (χ4v) is 1.62. The van der Waals surface area contributed by atoms with E-state index in [1.807, 2.05) is 24.3 Å². The number of benzene rings is 1. The van der Waals surface area contributed by atoms with E-state index >= 15 is 0 Å². The lowest BCUT2D eigenvalue weighted by molar-refractivity contribution is 0.415. The van der Waals surface area contributed by atoms with Crippen molar-refractivity contribution in [3.8, 4) is 16.9 Å². The highest BCUT2D eigenvalue weighted by Crippen LogP contribution is 2.19. The predicted molar refractivity (Wildman–Crippen MR) is 69.1 cm³/mol. The second-order valence-corrected chi connectivity index (χ2v) is 3.64. The number of nitrogen functional groups attached to an aromatic ring is 1. The first-order chi connectivity index (χ1) is 8.22. The summed E-state index contributed by atoms with van der Waals surface area (Å²) in [7, 11) is 1.61. The standard InChI is InChI=1S/C14H13NO2/c1-17-11-8-6-10(7-9-11)12-4-2-3-5-13(15)14(12)16/h2-9H,1H3,(H2,15,16). The summed E-state index contributed by atoms with van der Waals surface area (Å²) in [5.74, 6) is 0.759. The molecule has 0 radical (unpaired) electrons. The van der Waals surface area contributed by atoms with Gasteiger partial charge in [0, 0.05) is 5.56 Å². The molecule has 0 spiro atoms. The Morgan fingerprint density at radius 1 is 1.00 bits per heavy atom. The molecule has 0 saturated heterocycles. The van der Waals surface area contributed by atoms with E-state index in [0.717, 1.165) is 11.3 Å². The summed E-state index contributed by atoms with van der Waals surface area (Å²) in [5, 5.41) is 0. The van der Waals surface area contributed by atoms with Gasteiger partial charge >= 0.3 is 0 Å². The van der Waals surface area contributed by atoms with Crippen LogP contribution >= 0.6 is 0 Å². The predicted octanol–water partition coefficient (Wildman–Crippen LogP) is 2.30. The molecule has 0 aromatic heterocycles. The van der Waals surface area contributed by atoms with Crippen LogP contribution in [-0.4, -0.2) is 7.11 Å². The average Bonchev–Trinajstić information content (AvgIpc) is 2.53. The summed E-state index contributed by atoms with van der Waals surface area (Å²) < 4.78 is 5.07. The lowest BCUT2D eigenvalue weighted by Gasteiger charge is -2.01. The molecule has 0 aliphatic rings. The Balaban J connectivity index is 2.57. The molecule has 0 heterocycles. The highest BCUT2D eigenvalue weighted by Gasteiger charge is 2.03. The molecule has 0 atom stereocenters. The zero-order valence-corrected chi connectivity index (χ0v) is 9.51. The number of nitrogens with two attached hydrogens (primary N) is 1. The molecule has 0 fully saturated rings. The molecule has 0 unspecified atom stereocenters. The van der Waals surface area contributed by atoms with Gasteiger partial charge in [-0.25, -0.2) is 0 Å². The van der Waals surface area contributed by atoms with Crippen LogP contribution < -0.4 is 15.9 Å². The van der Waals surface area contributed by atoms with Gasteiger partial charge in [0.05, 0.1) is 12.8 Å². The minimum Gasteiger partial charge on any atom is -0.497 e. The van der Waals surface area contributed by atoms with Gasteiger partial charge in [0.25, 0.3) is 0 Å². The number of ether oxygens (including phenoxy) is 1. The quantitative estimate of drug-likeness (QED) is 0.856. The summed E-state index contributed by atoms with van der Waals surface area (Å²) in [5.41, 5.74) is 7.18. The Kier molecular flexibility index (Phi) is 3.10. The Bertz CT molecular complexity index is 576. The Hall–Kier alpha value is -2.29. The molecular formula is C14H13NO2. The van der Waals surface area contributed by atoms with E-state index in [-0.39, 0.29) is 11.1 Å². The third kappa shape index (κ3) is 2.28. The van der Waals surface area contributed by atoms with E-state index in [1.165, 1.54) is 0 Å². The molecule has 86 valence electrons. The smallest absolute Gasteiger partial charge is 0.209 e. The van der Waals surface area contributed by atoms with E-state index in [4.69, 9.17) is 10.5 Å². The van der Waals surface area contributed by atoms with Crippen LogP contribution in [0.5, 0.6) is 5.75 Å². The molecule has 2 N–H and O–H groups in total. The van der Waals surface area contributed by atoms with Crippen LogP contribution in [-0.2, 0) is 0 Å². The van der Waals surface area contributed by atoms with Crippen LogP contribution in [0.4, 0.5) is 5.69 Å². The van der Waals surface area contributed by atoms with Crippen molar-refractivity contribution in [1.82, 2.24) is 0 Å². The first kappa shape index (κ1) is 11.2. The number of hydrogen-bond acceptors (Lipinski definition) is 3. The summed E-state index contributed by atoms with van der Waals surface area (Å²) in [6.07, 6.45) is 0. The van der Waals surface area contributed by atoms with Crippen LogP contribution in [0.2, 0.25) is 0 Å². The lowest BCUT2D eigenvalue weighted by atomic mass is 10.1. The van der Waals surface area contributed by atoms with Gasteiger partial charge in [-0.15, -0.1) is 0 Å². The third-order valence-electron chi connectivity index (χ3n) is 2.56. The first-order valence-electron chi connectivity index (χ1n) is 5.25. The zero-order valence-electron chi connectivity index (χ0n) is 9.51. The van der Waals surface area contributed by atoms with Crippen LogP contribution in [0.1, 0.15) is 0 Å². The van der Waals surface area contributed by atoms with Crippen molar-refractivity contribution in [2.24, 2.45) is 0 Å². The largest absolute Gasteiger partial charge is 0.497 e. The first-order valence-corrected chi connectivity index (χ1v) is 5.25. The number of anilines is 1. The average molecular weight is 227 g/mol. The van der Waals surface area contributed by atoms with Crippen molar-refractivity contribution in [2.75, 3.05) is 12.8 Å². The molecule has 2 aromatic carbocycles. The van der Waals surface area contributed by atoms with Crippen LogP contribution in [0.25, 0.3) is 11.1 Å². The van der Waals surface area contributed by atoms with Gasteiger partial charge in [-0.3, -0.25) is 4.79 Å². The van der Waals surface area contributed by atoms with Crippen molar-refractivity contribution in [1.29, 1.82) is 0 Å². The highest BCUT2D eigenvalue weighted by atomic mass is 16.5. The molecule has 2 aromatic rings. The molecule has 3 heteroatoms. The monoisotopic (exact) mass is 227 g/mol. The minimum atomic E-state index is -0.153. The van der Waals surface area contributed by atoms with E-state index < -0.39 is 0 Å². The topological polar surface area (TPSA) is 52.3 Å². The fraction of sp³-hybridized carbons (Fsp3) is 0.0714. The molecule has 2 rings (SSSR count). The van der Waals surface area contributed by atoms with Gasteiger partial charge < -0.3 is 10.5 Å². The number of methoxy groups -OCH3 is 1. The van der Waals surface area contributed by atoms with Gasteiger partial charge in [-0.05, 0) is 23.8 Å². The van der Waals surface area contributed by atoms with Gasteiger partial charge in [-0.2, -0.15) is 0 Å². The molecule has 3 nitrogen and oxygen atoms in total. The number of rotatable bonds is 2. The summed E-state index contributed by atoms with van der Waals surface area (Å²) in [4.78, 5) is 12.0. The SMILES string of the molecule is COc1ccc(-c2ccccc(N)c2=O)cc1. The Morgan fingerprint density at radius 2 is 1.65 bits per heavy atom. The Morgan fingerprint density at radius 3 is 2.29 bits per heavy atom. The summed E-state index contributed by atoms with van der Waals surface area (Å²) in [6.45, 7) is 0. The zero-order chi connectivity index (χ0) is 12.3. The van der Waals surface area contributed by atoms with Gasteiger partial charge in [0.1, 0.15) is 5.75 Å². The second-order valence-electron chi connectivity index (χ2n) is 3.64. The molecular weight excluding hydrogens is 214 g/mol. The molecule has 0 saturated carbocycles. The normalized spacial score (nSPS) is 9.94. The van der Waals surface area contributed by atoms with Crippen molar-refractivity contribution < 1.29 is 4.74 Å². The van der Waals surface area contributed by atoms with Crippen LogP contribution in [0, 0.1) is 0 Å². The Labute approximate surface area is 99.5 Å². The highest BCUT2D eigenvalue weighted by molar-refractivity contribution is 5.66. The molecule has 0 amide bonds. The molecule has 0 aliphatic heterocycles. The van der Waals surface area contributed by atoms with Gasteiger partial charge in [0.2, 0.25) is 5.43 Å². The molecule has 0 bridgehead atoms. The van der Waals surface area contributed by atoms with Crippen molar-refractivity contribution >= 4 is 5.69 Å². The van der Waals surface area contributed by atoms with E-state index in [9.17, 15) is 4.79 Å². The van der Waals surface area contributed by atoms with Gasteiger partial charge in [0.15, 0.2) is 0 Å². The van der Waals surface area contributed by atoms with Crippen LogP contribution in [0.15, 0.2) is 53.3 Å². The maximum Gasteiger partial charge on any atom is 0.209 e. The summed E-state index contributed by atoms with van der Waals surface area (Å²) in [6, 6.07) is 14.2. The maximum absolute atomic E-state index is 12.0. The van der Waals surface area contributed by atoms with Gasteiger partial charge in [-0.1, -0.05) is 30.3 Å². The van der Waals surface area contributed by atoms with E-state index in [0.29, 0.717) is 5.56 Å². The van der Waals surface area contributed by atoms with Crippen molar-refractivity contribution in [3.05, 3.63) is 58.8 Å². The lowest BCUT2D eigenvalue weighted by Crippen LogP contribution is -2.07. The maximum atomic E-state index is 12.0. The fourth-order valence-electron chi connectivity index (χ4n) is 1.62. The van der Waals surface area contributed by atoms with Crippen molar-refractivity contribution in [2.45, 2.75) is 0 Å². The van der Waals surface area contributed by atoms with Crippen molar-refractivity contribution in [3.63, 3.8) is 0 Å². The van der Waals surface area contributed by atoms with Crippen LogP contribution in [0.3, 0.4) is 0 Å². The van der Waals surface area contributed by atoms with E-state index in [1.54, 1.807) is 31.4 Å². The van der Waals surface area contributed by atoms with E-state index in [2.05, 4.69) is 0 Å². The molecule has 0 aliphatic carbocycles. The number of hydrogen-bond donors (Lipinski definition) is 1.